The number of nitrogens with one attached hydrogen (secondary N) is 3. The minimum atomic E-state index is -0.585. The Morgan fingerprint density at radius 3 is 2.78 bits per heavy atom. The average molecular weight is 270 g/mol. The first-order valence-corrected chi connectivity index (χ1v) is 5.68. The number of carbonyl (C=O) groups is 1. The van der Waals surface area contributed by atoms with Gasteiger partial charge in [-0.25, -0.2) is 5.43 Å². The van der Waals surface area contributed by atoms with Gasteiger partial charge in [0, 0.05) is 6.42 Å². The lowest BCUT2D eigenvalue weighted by Crippen LogP contribution is -2.20. The number of hydrogen-bond donors (Lipinski definition) is 4. The average Bonchev–Trinajstić information content (AvgIpc) is 2.20. The molecule has 1 heterocycles. The third-order valence-corrected chi connectivity index (χ3v) is 2.14. The molecular weight excluding hydrogens is 256 g/mol. The highest BCUT2D eigenvalue weighted by Gasteiger charge is 2.05. The summed E-state index contributed by atoms with van der Waals surface area (Å²) in [5.41, 5.74) is 1.57. The van der Waals surface area contributed by atoms with E-state index in [1.54, 1.807) is 0 Å². The van der Waals surface area contributed by atoms with E-state index < -0.39 is 11.4 Å². The molecule has 1 aromatic heterocycles. The Labute approximate surface area is 108 Å². The molecule has 18 heavy (non-hydrogen) atoms. The maximum Gasteiger partial charge on any atom is 0.264 e. The van der Waals surface area contributed by atoms with Crippen molar-refractivity contribution < 1.29 is 9.90 Å². The number of aromatic nitrogens is 2. The van der Waals surface area contributed by atoms with Crippen LogP contribution in [0.2, 0.25) is 0 Å². The first-order valence-electron chi connectivity index (χ1n) is 5.27. The fourth-order valence-electron chi connectivity index (χ4n) is 1.19. The van der Waals surface area contributed by atoms with Gasteiger partial charge in [0.25, 0.3) is 5.56 Å². The standard InChI is InChI=1S/C10H14N4O3S/c1-5(2)3-7(15)14-11-4-6-8(16)12-10(18)13-9(6)17/h4-5H,3H2,1-2H3,(H,14,15)(H3,12,13,16,17,18)/b11-4+. The van der Waals surface area contributed by atoms with Gasteiger partial charge in [0.05, 0.1) is 6.21 Å². The van der Waals surface area contributed by atoms with Gasteiger partial charge in [0.15, 0.2) is 4.77 Å². The number of aromatic amines is 2. The number of aromatic hydroxyl groups is 1. The maximum absolute atomic E-state index is 11.4. The van der Waals surface area contributed by atoms with Crippen LogP contribution in [0, 0.1) is 10.7 Å². The zero-order valence-corrected chi connectivity index (χ0v) is 10.8. The lowest BCUT2D eigenvalue weighted by atomic mass is 10.1. The number of carbonyl (C=O) groups excluding carboxylic acids is 1. The van der Waals surface area contributed by atoms with Crippen LogP contribution in [0.5, 0.6) is 5.88 Å². The Hall–Kier alpha value is -1.96. The molecule has 8 heteroatoms. The normalized spacial score (nSPS) is 11.1. The number of nitrogens with zero attached hydrogens (tertiary/aromatic N) is 1. The van der Waals surface area contributed by atoms with Crippen LogP contribution < -0.4 is 11.0 Å². The van der Waals surface area contributed by atoms with Crippen LogP contribution >= 0.6 is 12.2 Å². The van der Waals surface area contributed by atoms with Crippen molar-refractivity contribution in [1.82, 2.24) is 15.4 Å². The summed E-state index contributed by atoms with van der Waals surface area (Å²) in [6, 6.07) is 0. The van der Waals surface area contributed by atoms with Crippen molar-refractivity contribution in [2.75, 3.05) is 0 Å². The quantitative estimate of drug-likeness (QED) is 0.365. The second-order valence-electron chi connectivity index (χ2n) is 4.06. The molecule has 1 aromatic rings. The summed E-state index contributed by atoms with van der Waals surface area (Å²) >= 11 is 4.66. The van der Waals surface area contributed by atoms with E-state index in [0.717, 1.165) is 6.21 Å². The van der Waals surface area contributed by atoms with Crippen molar-refractivity contribution in [1.29, 1.82) is 0 Å². The lowest BCUT2D eigenvalue weighted by molar-refractivity contribution is -0.121. The van der Waals surface area contributed by atoms with Crippen molar-refractivity contribution in [3.8, 4) is 5.88 Å². The van der Waals surface area contributed by atoms with E-state index >= 15 is 0 Å². The summed E-state index contributed by atoms with van der Waals surface area (Å²) in [6.45, 7) is 3.80. The number of hydrazone groups is 1. The first kappa shape index (κ1) is 14.1. The molecule has 0 aliphatic heterocycles. The lowest BCUT2D eigenvalue weighted by Gasteiger charge is -2.02. The molecular formula is C10H14N4O3S. The van der Waals surface area contributed by atoms with Gasteiger partial charge in [-0.2, -0.15) is 5.10 Å². The largest absolute Gasteiger partial charge is 0.494 e. The molecule has 0 fully saturated rings. The highest BCUT2D eigenvalue weighted by molar-refractivity contribution is 7.71. The van der Waals surface area contributed by atoms with Gasteiger partial charge in [-0.15, -0.1) is 0 Å². The number of rotatable bonds is 4. The van der Waals surface area contributed by atoms with Gasteiger partial charge in [-0.05, 0) is 18.1 Å². The zero-order chi connectivity index (χ0) is 13.7. The fraction of sp³-hybridized carbons (Fsp3) is 0.400. The topological polar surface area (TPSA) is 110 Å². The Morgan fingerprint density at radius 2 is 2.22 bits per heavy atom. The molecule has 0 saturated carbocycles. The van der Waals surface area contributed by atoms with E-state index in [1.807, 2.05) is 13.8 Å². The molecule has 0 bridgehead atoms. The van der Waals surface area contributed by atoms with E-state index in [-0.39, 0.29) is 22.2 Å². The molecule has 0 aliphatic carbocycles. The molecule has 0 radical (unpaired) electrons. The summed E-state index contributed by atoms with van der Waals surface area (Å²) in [5.74, 6) is -0.448. The Morgan fingerprint density at radius 1 is 1.56 bits per heavy atom. The van der Waals surface area contributed by atoms with E-state index in [2.05, 4.69) is 32.7 Å². The maximum atomic E-state index is 11.4. The monoisotopic (exact) mass is 270 g/mol. The van der Waals surface area contributed by atoms with Gasteiger partial charge in [-0.1, -0.05) is 13.8 Å². The van der Waals surface area contributed by atoms with Crippen molar-refractivity contribution in [3.63, 3.8) is 0 Å². The third kappa shape index (κ3) is 4.13. The summed E-state index contributed by atoms with van der Waals surface area (Å²) in [4.78, 5) is 27.3. The highest BCUT2D eigenvalue weighted by atomic mass is 32.1. The zero-order valence-electron chi connectivity index (χ0n) is 9.98. The van der Waals surface area contributed by atoms with Gasteiger partial charge in [-0.3, -0.25) is 14.6 Å². The SMILES string of the molecule is CC(C)CC(=O)N/N=C/c1c(O)[nH]c(=S)[nH]c1=O. The number of H-pyrrole nitrogens is 2. The molecule has 1 amide bonds. The minimum Gasteiger partial charge on any atom is -0.494 e. The molecule has 98 valence electrons. The molecule has 0 saturated heterocycles. The van der Waals surface area contributed by atoms with E-state index in [0.29, 0.717) is 6.42 Å². The van der Waals surface area contributed by atoms with Crippen LogP contribution in [-0.4, -0.2) is 27.2 Å². The Bertz CT molecular complexity index is 573. The Kier molecular flexibility index (Phi) is 4.78. The summed E-state index contributed by atoms with van der Waals surface area (Å²) in [6.07, 6.45) is 1.38. The van der Waals surface area contributed by atoms with Gasteiger partial charge >= 0.3 is 0 Å². The van der Waals surface area contributed by atoms with E-state index in [1.165, 1.54) is 0 Å². The van der Waals surface area contributed by atoms with E-state index in [9.17, 15) is 14.7 Å². The second kappa shape index (κ2) is 6.10. The van der Waals surface area contributed by atoms with Crippen molar-refractivity contribution in [3.05, 3.63) is 20.7 Å². The molecule has 0 unspecified atom stereocenters. The minimum absolute atomic E-state index is 0.0125. The third-order valence-electron chi connectivity index (χ3n) is 1.94. The van der Waals surface area contributed by atoms with Crippen LogP contribution in [0.3, 0.4) is 0 Å². The van der Waals surface area contributed by atoms with E-state index in [4.69, 9.17) is 0 Å². The van der Waals surface area contributed by atoms with Gasteiger partial charge in [0.1, 0.15) is 5.56 Å². The predicted octanol–water partition coefficient (Wildman–Crippen LogP) is 0.634. The molecule has 7 nitrogen and oxygen atoms in total. The van der Waals surface area contributed by atoms with Crippen LogP contribution in [0.1, 0.15) is 25.8 Å². The summed E-state index contributed by atoms with van der Waals surface area (Å²) < 4.78 is 0.0125. The summed E-state index contributed by atoms with van der Waals surface area (Å²) in [5, 5.41) is 13.0. The van der Waals surface area contributed by atoms with Crippen LogP contribution in [0.25, 0.3) is 0 Å². The Balaban J connectivity index is 2.77. The van der Waals surface area contributed by atoms with Crippen molar-refractivity contribution in [2.24, 2.45) is 11.0 Å². The first-order chi connectivity index (χ1) is 8.40. The van der Waals surface area contributed by atoms with Crippen LogP contribution in [0.4, 0.5) is 0 Å². The molecule has 0 spiro atoms. The van der Waals surface area contributed by atoms with Crippen LogP contribution in [-0.2, 0) is 4.79 Å². The molecule has 0 atom stereocenters. The molecule has 0 aromatic carbocycles. The number of amides is 1. The molecule has 0 aliphatic rings. The van der Waals surface area contributed by atoms with Crippen molar-refractivity contribution in [2.45, 2.75) is 20.3 Å². The summed E-state index contributed by atoms with van der Waals surface area (Å²) in [7, 11) is 0. The van der Waals surface area contributed by atoms with Crippen LogP contribution in [0.15, 0.2) is 9.90 Å². The van der Waals surface area contributed by atoms with Gasteiger partial charge in [0.2, 0.25) is 11.8 Å². The predicted molar refractivity (Wildman–Crippen MR) is 69.1 cm³/mol. The molecule has 4 N–H and O–H groups in total. The fourth-order valence-corrected chi connectivity index (χ4v) is 1.38. The second-order valence-corrected chi connectivity index (χ2v) is 4.47. The number of hydrogen-bond acceptors (Lipinski definition) is 5. The molecule has 1 rings (SSSR count). The highest BCUT2D eigenvalue weighted by Crippen LogP contribution is 2.03. The van der Waals surface area contributed by atoms with Gasteiger partial charge < -0.3 is 10.1 Å². The van der Waals surface area contributed by atoms with Crippen molar-refractivity contribution >= 4 is 24.3 Å². The smallest absolute Gasteiger partial charge is 0.264 e.